The largest absolute Gasteiger partial charge is 0.350 e. The normalized spacial score (nSPS) is 12.5. The fraction of sp³-hybridized carbons (Fsp3) is 0.310. The van der Waals surface area contributed by atoms with Gasteiger partial charge in [-0.2, -0.15) is 0 Å². The minimum absolute atomic E-state index is 0.00246. The molecule has 0 aliphatic rings. The minimum Gasteiger partial charge on any atom is -0.350 e. The molecule has 3 aromatic carbocycles. The van der Waals surface area contributed by atoms with Crippen molar-refractivity contribution >= 4 is 55.1 Å². The van der Waals surface area contributed by atoms with Gasteiger partial charge in [0, 0.05) is 21.6 Å². The first kappa shape index (κ1) is 30.7. The number of aryl methyl sites for hydroxylation is 1. The number of hydrogen-bond donors (Lipinski definition) is 1. The van der Waals surface area contributed by atoms with Gasteiger partial charge in [-0.1, -0.05) is 57.4 Å². The molecular formula is C29H33BrClN3O4S. The third kappa shape index (κ3) is 8.30. The molecule has 0 spiro atoms. The summed E-state index contributed by atoms with van der Waals surface area (Å²) in [6.07, 6.45) is 0. The van der Waals surface area contributed by atoms with Crippen molar-refractivity contribution < 1.29 is 18.0 Å². The number of amides is 2. The molecule has 0 bridgehead atoms. The average molecular weight is 635 g/mol. The predicted octanol–water partition coefficient (Wildman–Crippen LogP) is 5.94. The van der Waals surface area contributed by atoms with Crippen LogP contribution in [0.15, 0.2) is 82.2 Å². The second-order valence-corrected chi connectivity index (χ2v) is 13.6. The van der Waals surface area contributed by atoms with Crippen LogP contribution in [0.3, 0.4) is 0 Å². The number of hydrogen-bond acceptors (Lipinski definition) is 4. The van der Waals surface area contributed by atoms with E-state index < -0.39 is 34.1 Å². The topological polar surface area (TPSA) is 86.8 Å². The van der Waals surface area contributed by atoms with Gasteiger partial charge in [0.15, 0.2) is 0 Å². The van der Waals surface area contributed by atoms with Gasteiger partial charge in [-0.25, -0.2) is 8.42 Å². The van der Waals surface area contributed by atoms with Gasteiger partial charge in [-0.3, -0.25) is 13.9 Å². The zero-order chi connectivity index (χ0) is 29.0. The Morgan fingerprint density at radius 2 is 1.62 bits per heavy atom. The van der Waals surface area contributed by atoms with Crippen LogP contribution >= 0.6 is 27.5 Å². The van der Waals surface area contributed by atoms with Crippen LogP contribution in [-0.2, 0) is 26.2 Å². The van der Waals surface area contributed by atoms with Crippen LogP contribution in [0, 0.1) is 6.92 Å². The van der Waals surface area contributed by atoms with E-state index in [0.717, 1.165) is 19.9 Å². The van der Waals surface area contributed by atoms with E-state index in [1.807, 2.05) is 52.0 Å². The van der Waals surface area contributed by atoms with Crippen molar-refractivity contribution in [2.75, 3.05) is 10.8 Å². The summed E-state index contributed by atoms with van der Waals surface area (Å²) in [5.41, 5.74) is 1.55. The molecule has 1 atom stereocenters. The zero-order valence-electron chi connectivity index (χ0n) is 22.6. The number of nitrogens with one attached hydrogen (secondary N) is 1. The summed E-state index contributed by atoms with van der Waals surface area (Å²) in [5, 5.41) is 3.31. The lowest BCUT2D eigenvalue weighted by Gasteiger charge is -2.33. The van der Waals surface area contributed by atoms with Gasteiger partial charge >= 0.3 is 0 Å². The Labute approximate surface area is 244 Å². The molecule has 0 saturated carbocycles. The van der Waals surface area contributed by atoms with Crippen LogP contribution < -0.4 is 9.62 Å². The second kappa shape index (κ2) is 12.5. The molecule has 0 fully saturated rings. The molecule has 3 rings (SSSR count). The monoisotopic (exact) mass is 633 g/mol. The van der Waals surface area contributed by atoms with E-state index >= 15 is 0 Å². The Bertz CT molecular complexity index is 1420. The maximum Gasteiger partial charge on any atom is 0.264 e. The quantitative estimate of drug-likeness (QED) is 0.316. The van der Waals surface area contributed by atoms with E-state index in [0.29, 0.717) is 10.7 Å². The Balaban J connectivity index is 2.03. The van der Waals surface area contributed by atoms with Gasteiger partial charge < -0.3 is 10.2 Å². The first-order chi connectivity index (χ1) is 18.2. The Kier molecular flexibility index (Phi) is 9.85. The lowest BCUT2D eigenvalue weighted by molar-refractivity contribution is -0.140. The molecule has 7 nitrogen and oxygen atoms in total. The highest BCUT2D eigenvalue weighted by molar-refractivity contribution is 9.10. The summed E-state index contributed by atoms with van der Waals surface area (Å²) in [4.78, 5) is 28.5. The number of rotatable bonds is 9. The molecule has 208 valence electrons. The van der Waals surface area contributed by atoms with Gasteiger partial charge in [0.25, 0.3) is 10.0 Å². The number of nitrogens with zero attached hydrogens (tertiary/aromatic N) is 2. The smallest absolute Gasteiger partial charge is 0.264 e. The van der Waals surface area contributed by atoms with Crippen molar-refractivity contribution in [3.05, 3.63) is 93.4 Å². The van der Waals surface area contributed by atoms with Crippen LogP contribution in [0.5, 0.6) is 0 Å². The SMILES string of the molecule is Cc1ccc(N(CC(=O)N(Cc2cccc(Br)c2)[C@H](C)C(=O)NC(C)(C)C)S(=O)(=O)c2ccc(Cl)cc2)cc1. The van der Waals surface area contributed by atoms with Crippen molar-refractivity contribution in [3.8, 4) is 0 Å². The molecule has 0 aliphatic heterocycles. The highest BCUT2D eigenvalue weighted by Crippen LogP contribution is 2.26. The van der Waals surface area contributed by atoms with Gasteiger partial charge in [0.05, 0.1) is 10.6 Å². The van der Waals surface area contributed by atoms with Crippen molar-refractivity contribution in [1.29, 1.82) is 0 Å². The summed E-state index contributed by atoms with van der Waals surface area (Å²) in [6, 6.07) is 19.2. The fourth-order valence-corrected chi connectivity index (χ4v) is 5.85. The summed E-state index contributed by atoms with van der Waals surface area (Å²) < 4.78 is 29.5. The molecule has 0 aliphatic carbocycles. The Morgan fingerprint density at radius 3 is 2.18 bits per heavy atom. The van der Waals surface area contributed by atoms with Crippen molar-refractivity contribution in [3.63, 3.8) is 0 Å². The maximum absolute atomic E-state index is 13.9. The Hall–Kier alpha value is -2.88. The molecule has 0 heterocycles. The van der Waals surface area contributed by atoms with Gasteiger partial charge in [0.2, 0.25) is 11.8 Å². The van der Waals surface area contributed by atoms with Gasteiger partial charge in [-0.15, -0.1) is 0 Å². The highest BCUT2D eigenvalue weighted by Gasteiger charge is 2.33. The first-order valence-electron chi connectivity index (χ1n) is 12.4. The van der Waals surface area contributed by atoms with Crippen molar-refractivity contribution in [1.82, 2.24) is 10.2 Å². The summed E-state index contributed by atoms with van der Waals surface area (Å²) in [5.74, 6) is -0.863. The molecule has 0 radical (unpaired) electrons. The third-order valence-electron chi connectivity index (χ3n) is 5.91. The van der Waals surface area contributed by atoms with Crippen molar-refractivity contribution in [2.45, 2.75) is 57.6 Å². The third-order valence-corrected chi connectivity index (χ3v) is 8.44. The molecule has 10 heteroatoms. The molecule has 3 aromatic rings. The number of carbonyl (C=O) groups excluding carboxylic acids is 2. The predicted molar refractivity (Wildman–Crippen MR) is 159 cm³/mol. The second-order valence-electron chi connectivity index (χ2n) is 10.4. The van der Waals surface area contributed by atoms with Gasteiger partial charge in [0.1, 0.15) is 12.6 Å². The minimum atomic E-state index is -4.15. The van der Waals surface area contributed by atoms with E-state index in [2.05, 4.69) is 21.2 Å². The average Bonchev–Trinajstić information content (AvgIpc) is 2.85. The van der Waals surface area contributed by atoms with Gasteiger partial charge in [-0.05, 0) is 88.7 Å². The lowest BCUT2D eigenvalue weighted by Crippen LogP contribution is -2.54. The summed E-state index contributed by atoms with van der Waals surface area (Å²) in [6.45, 7) is 8.71. The van der Waals surface area contributed by atoms with Crippen LogP contribution in [0.25, 0.3) is 0 Å². The van der Waals surface area contributed by atoms with Crippen molar-refractivity contribution in [2.24, 2.45) is 0 Å². The van der Waals surface area contributed by atoms with Crippen LogP contribution in [0.1, 0.15) is 38.8 Å². The summed E-state index contributed by atoms with van der Waals surface area (Å²) in [7, 11) is -4.15. The van der Waals surface area contributed by atoms with Crippen LogP contribution in [0.2, 0.25) is 5.02 Å². The number of sulfonamides is 1. The highest BCUT2D eigenvalue weighted by atomic mass is 79.9. The molecular weight excluding hydrogens is 602 g/mol. The molecule has 39 heavy (non-hydrogen) atoms. The lowest BCUT2D eigenvalue weighted by atomic mass is 10.1. The van der Waals surface area contributed by atoms with E-state index in [1.165, 1.54) is 29.2 Å². The number of benzene rings is 3. The van der Waals surface area contributed by atoms with E-state index in [-0.39, 0.29) is 17.3 Å². The number of anilines is 1. The standard InChI is InChI=1S/C29H33BrClN3O4S/c1-20-9-13-25(14-10-20)34(39(37,38)26-15-11-24(31)12-16-26)19-27(35)33(18-22-7-6-8-23(30)17-22)21(2)28(36)32-29(3,4)5/h6-17,21H,18-19H2,1-5H3,(H,32,36)/t21-/m1/s1. The molecule has 0 unspecified atom stereocenters. The van der Waals surface area contributed by atoms with E-state index in [1.54, 1.807) is 31.2 Å². The van der Waals surface area contributed by atoms with E-state index in [9.17, 15) is 18.0 Å². The summed E-state index contributed by atoms with van der Waals surface area (Å²) >= 11 is 9.44. The van der Waals surface area contributed by atoms with Crippen LogP contribution in [-0.4, -0.2) is 43.3 Å². The molecule has 2 amide bonds. The number of carbonyl (C=O) groups is 2. The molecule has 0 saturated heterocycles. The molecule has 1 N–H and O–H groups in total. The molecule has 0 aromatic heterocycles. The Morgan fingerprint density at radius 1 is 1.00 bits per heavy atom. The van der Waals surface area contributed by atoms with E-state index in [4.69, 9.17) is 11.6 Å². The zero-order valence-corrected chi connectivity index (χ0v) is 25.8. The fourth-order valence-electron chi connectivity index (χ4n) is 3.86. The van der Waals surface area contributed by atoms with Crippen LogP contribution in [0.4, 0.5) is 5.69 Å². The number of halogens is 2. The maximum atomic E-state index is 13.9. The first-order valence-corrected chi connectivity index (χ1v) is 15.0.